The molecule has 1 aliphatic rings. The van der Waals surface area contributed by atoms with E-state index in [2.05, 4.69) is 10.6 Å². The lowest BCUT2D eigenvalue weighted by molar-refractivity contribution is -0.384. The zero-order valence-corrected chi connectivity index (χ0v) is 17.7. The van der Waals surface area contributed by atoms with E-state index in [-0.39, 0.29) is 23.4 Å². The number of aliphatic carboxylic acids is 1. The van der Waals surface area contributed by atoms with Crippen LogP contribution in [0.2, 0.25) is 0 Å². The third-order valence-corrected chi connectivity index (χ3v) is 5.14. The fraction of sp³-hybridized carbons (Fsp3) is 0.167. The van der Waals surface area contributed by atoms with Crippen molar-refractivity contribution in [1.29, 1.82) is 0 Å². The van der Waals surface area contributed by atoms with Crippen LogP contribution in [0.5, 0.6) is 0 Å². The third kappa shape index (κ3) is 4.92. The molecule has 8 nitrogen and oxygen atoms in total. The number of hydrogen-bond acceptors (Lipinski definition) is 5. The van der Waals surface area contributed by atoms with Crippen molar-refractivity contribution >= 4 is 23.6 Å². The first-order valence-electron chi connectivity index (χ1n) is 9.95. The summed E-state index contributed by atoms with van der Waals surface area (Å²) in [4.78, 5) is 35.9. The van der Waals surface area contributed by atoms with Gasteiger partial charge in [0.05, 0.1) is 16.4 Å². The Hall–Kier alpha value is -4.20. The van der Waals surface area contributed by atoms with Gasteiger partial charge in [-0.3, -0.25) is 14.9 Å². The van der Waals surface area contributed by atoms with E-state index in [0.29, 0.717) is 17.0 Å². The predicted molar refractivity (Wildman–Crippen MR) is 120 cm³/mol. The summed E-state index contributed by atoms with van der Waals surface area (Å²) in [7, 11) is 0. The van der Waals surface area contributed by atoms with Gasteiger partial charge in [0.2, 0.25) is 5.91 Å². The van der Waals surface area contributed by atoms with E-state index in [9.17, 15) is 24.8 Å². The van der Waals surface area contributed by atoms with Gasteiger partial charge in [-0.25, -0.2) is 4.79 Å². The molecule has 8 heteroatoms. The SMILES string of the molecule is CC1=C(C(=O)O)C(c2cccc([N+](=O)[O-])c2)C(C(=O)NCC=Cc2ccccc2)=C(C)N1. The van der Waals surface area contributed by atoms with Gasteiger partial charge in [-0.05, 0) is 25.0 Å². The minimum atomic E-state index is -1.20. The van der Waals surface area contributed by atoms with E-state index in [0.717, 1.165) is 5.56 Å². The quantitative estimate of drug-likeness (QED) is 0.452. The van der Waals surface area contributed by atoms with Crippen LogP contribution in [0.25, 0.3) is 6.08 Å². The molecule has 2 aromatic carbocycles. The Morgan fingerprint density at radius 2 is 1.78 bits per heavy atom. The van der Waals surface area contributed by atoms with Crippen LogP contribution in [-0.4, -0.2) is 28.5 Å². The molecule has 2 aromatic rings. The Morgan fingerprint density at radius 1 is 1.09 bits per heavy atom. The van der Waals surface area contributed by atoms with Gasteiger partial charge >= 0.3 is 5.97 Å². The van der Waals surface area contributed by atoms with Crippen molar-refractivity contribution in [2.24, 2.45) is 0 Å². The van der Waals surface area contributed by atoms with E-state index < -0.39 is 22.7 Å². The fourth-order valence-corrected chi connectivity index (χ4v) is 3.74. The number of carboxylic acids is 1. The minimum Gasteiger partial charge on any atom is -0.478 e. The standard InChI is InChI=1S/C24H23N3O5/c1-15-20(23(28)25-13-7-10-17-8-4-3-5-9-17)22(21(24(29)30)16(2)26-15)18-11-6-12-19(14-18)27(31)32/h3-12,14,22,26H,13H2,1-2H3,(H,25,28)(H,29,30). The highest BCUT2D eigenvalue weighted by molar-refractivity contribution is 6.01. The van der Waals surface area contributed by atoms with Crippen molar-refractivity contribution < 1.29 is 19.6 Å². The molecule has 164 valence electrons. The number of dihydropyridines is 1. The molecule has 3 rings (SSSR count). The molecule has 0 spiro atoms. The largest absolute Gasteiger partial charge is 0.478 e. The lowest BCUT2D eigenvalue weighted by Crippen LogP contribution is -2.36. The fourth-order valence-electron chi connectivity index (χ4n) is 3.74. The van der Waals surface area contributed by atoms with E-state index in [1.165, 1.54) is 18.2 Å². The number of hydrogen-bond donors (Lipinski definition) is 3. The summed E-state index contributed by atoms with van der Waals surface area (Å²) in [5.74, 6) is -2.60. The molecular weight excluding hydrogens is 410 g/mol. The van der Waals surface area contributed by atoms with Gasteiger partial charge in [0, 0.05) is 35.6 Å². The molecule has 3 N–H and O–H groups in total. The number of nitrogens with zero attached hydrogens (tertiary/aromatic N) is 1. The van der Waals surface area contributed by atoms with E-state index in [1.54, 1.807) is 26.0 Å². The zero-order valence-electron chi connectivity index (χ0n) is 17.7. The van der Waals surface area contributed by atoms with Crippen LogP contribution in [0, 0.1) is 10.1 Å². The monoisotopic (exact) mass is 433 g/mol. The smallest absolute Gasteiger partial charge is 0.334 e. The number of carboxylic acid groups (broad SMARTS) is 1. The van der Waals surface area contributed by atoms with Crippen LogP contribution >= 0.6 is 0 Å². The zero-order chi connectivity index (χ0) is 23.3. The molecule has 1 amide bonds. The second-order valence-electron chi connectivity index (χ2n) is 7.32. The molecule has 1 atom stereocenters. The Labute approximate surface area is 185 Å². The number of nitro benzene ring substituents is 1. The first-order chi connectivity index (χ1) is 15.3. The van der Waals surface area contributed by atoms with Crippen molar-refractivity contribution in [1.82, 2.24) is 10.6 Å². The highest BCUT2D eigenvalue weighted by Crippen LogP contribution is 2.39. The molecule has 0 fully saturated rings. The van der Waals surface area contributed by atoms with Gasteiger partial charge in [-0.15, -0.1) is 0 Å². The third-order valence-electron chi connectivity index (χ3n) is 5.14. The molecule has 1 unspecified atom stereocenters. The predicted octanol–water partition coefficient (Wildman–Crippen LogP) is 3.74. The average molecular weight is 433 g/mol. The summed E-state index contributed by atoms with van der Waals surface area (Å²) < 4.78 is 0. The number of allylic oxidation sites excluding steroid dienone is 2. The molecule has 0 aliphatic carbocycles. The number of carbonyl (C=O) groups excluding carboxylic acids is 1. The molecule has 0 saturated carbocycles. The molecule has 0 radical (unpaired) electrons. The van der Waals surface area contributed by atoms with Gasteiger partial charge in [-0.1, -0.05) is 54.6 Å². The number of nitrogens with one attached hydrogen (secondary N) is 2. The first-order valence-corrected chi connectivity index (χ1v) is 9.95. The number of nitro groups is 1. The molecular formula is C24H23N3O5. The Balaban J connectivity index is 1.92. The van der Waals surface area contributed by atoms with Crippen molar-refractivity contribution in [3.05, 3.63) is 104 Å². The van der Waals surface area contributed by atoms with E-state index in [1.807, 2.05) is 36.4 Å². The number of benzene rings is 2. The van der Waals surface area contributed by atoms with Gasteiger partial charge in [0.25, 0.3) is 5.69 Å². The summed E-state index contributed by atoms with van der Waals surface area (Å²) in [5, 5.41) is 26.9. The lowest BCUT2D eigenvalue weighted by Gasteiger charge is -2.30. The topological polar surface area (TPSA) is 122 Å². The second kappa shape index (κ2) is 9.74. The normalized spacial score (nSPS) is 16.1. The van der Waals surface area contributed by atoms with E-state index >= 15 is 0 Å². The second-order valence-corrected chi connectivity index (χ2v) is 7.32. The summed E-state index contributed by atoms with van der Waals surface area (Å²) in [6.07, 6.45) is 3.66. The summed E-state index contributed by atoms with van der Waals surface area (Å²) in [5.41, 5.74) is 2.23. The van der Waals surface area contributed by atoms with Gasteiger partial charge < -0.3 is 15.7 Å². The number of amides is 1. The van der Waals surface area contributed by atoms with Crippen molar-refractivity contribution in [3.8, 4) is 0 Å². The van der Waals surface area contributed by atoms with Crippen molar-refractivity contribution in [3.63, 3.8) is 0 Å². The number of rotatable bonds is 7. The van der Waals surface area contributed by atoms with E-state index in [4.69, 9.17) is 0 Å². The Kier molecular flexibility index (Phi) is 6.84. The van der Waals surface area contributed by atoms with Gasteiger partial charge in [0.15, 0.2) is 0 Å². The van der Waals surface area contributed by atoms with Crippen molar-refractivity contribution in [2.75, 3.05) is 6.54 Å². The summed E-state index contributed by atoms with van der Waals surface area (Å²) >= 11 is 0. The maximum Gasteiger partial charge on any atom is 0.334 e. The summed E-state index contributed by atoms with van der Waals surface area (Å²) in [6.45, 7) is 3.52. The van der Waals surface area contributed by atoms with Gasteiger partial charge in [-0.2, -0.15) is 0 Å². The van der Waals surface area contributed by atoms with Crippen LogP contribution in [-0.2, 0) is 9.59 Å². The molecule has 1 aliphatic heterocycles. The maximum atomic E-state index is 13.1. The molecule has 32 heavy (non-hydrogen) atoms. The van der Waals surface area contributed by atoms with Crippen LogP contribution in [0.1, 0.15) is 30.9 Å². The first kappa shape index (κ1) is 22.5. The van der Waals surface area contributed by atoms with Crippen LogP contribution < -0.4 is 10.6 Å². The highest BCUT2D eigenvalue weighted by atomic mass is 16.6. The molecule has 0 aromatic heterocycles. The van der Waals surface area contributed by atoms with Crippen LogP contribution in [0.4, 0.5) is 5.69 Å². The molecule has 0 saturated heterocycles. The van der Waals surface area contributed by atoms with Crippen molar-refractivity contribution in [2.45, 2.75) is 19.8 Å². The maximum absolute atomic E-state index is 13.1. The highest BCUT2D eigenvalue weighted by Gasteiger charge is 2.36. The van der Waals surface area contributed by atoms with Crippen LogP contribution in [0.15, 0.2) is 83.2 Å². The Morgan fingerprint density at radius 3 is 2.44 bits per heavy atom. The average Bonchev–Trinajstić information content (AvgIpc) is 2.76. The lowest BCUT2D eigenvalue weighted by atomic mass is 9.80. The molecule has 1 heterocycles. The number of non-ortho nitro benzene ring substituents is 1. The minimum absolute atomic E-state index is 0.0268. The van der Waals surface area contributed by atoms with Crippen LogP contribution in [0.3, 0.4) is 0 Å². The number of carbonyl (C=O) groups is 2. The van der Waals surface area contributed by atoms with Gasteiger partial charge in [0.1, 0.15) is 0 Å². The summed E-state index contributed by atoms with van der Waals surface area (Å²) in [6, 6.07) is 15.3. The molecule has 0 bridgehead atoms. The Bertz CT molecular complexity index is 1150.